The molecule has 1 atom stereocenters. The zero-order valence-corrected chi connectivity index (χ0v) is 16.7. The Morgan fingerprint density at radius 3 is 2.89 bits per heavy atom. The Bertz CT molecular complexity index is 1020. The second kappa shape index (κ2) is 7.22. The third kappa shape index (κ3) is 3.40. The molecule has 4 rings (SSSR count). The van der Waals surface area contributed by atoms with Crippen LogP contribution in [0.4, 0.5) is 10.1 Å². The van der Waals surface area contributed by atoms with Gasteiger partial charge in [0.25, 0.3) is 5.91 Å². The molecule has 8 heteroatoms. The maximum Gasteiger partial charge on any atom is 0.274 e. The van der Waals surface area contributed by atoms with Crippen LogP contribution in [0.2, 0.25) is 5.02 Å². The summed E-state index contributed by atoms with van der Waals surface area (Å²) in [6.07, 6.45) is 4.21. The number of carbonyl (C=O) groups is 1. The number of aliphatic imine (C=N–C) groups is 1. The number of amidine groups is 1. The van der Waals surface area contributed by atoms with Gasteiger partial charge < -0.3 is 11.1 Å². The lowest BCUT2D eigenvalue weighted by molar-refractivity contribution is 0.102. The number of thioether (sulfide) groups is 1. The molecule has 0 fully saturated rings. The predicted octanol–water partition coefficient (Wildman–Crippen LogP) is 4.84. The van der Waals surface area contributed by atoms with Gasteiger partial charge in [-0.2, -0.15) is 0 Å². The normalized spacial score (nSPS) is 21.3. The molecular weight excluding hydrogens is 399 g/mol. The number of nitrogens with zero attached hydrogens (tertiary/aromatic N) is 2. The van der Waals surface area contributed by atoms with Gasteiger partial charge in [0.05, 0.1) is 5.02 Å². The molecule has 0 saturated carbocycles. The molecule has 2 aliphatic rings. The molecule has 1 aliphatic heterocycles. The fourth-order valence-corrected chi connectivity index (χ4v) is 4.95. The maximum atomic E-state index is 14.8. The number of benzene rings is 1. The lowest BCUT2D eigenvalue weighted by atomic mass is 9.83. The fraction of sp³-hybridized carbons (Fsp3) is 0.250. The van der Waals surface area contributed by atoms with Crippen molar-refractivity contribution in [3.8, 4) is 0 Å². The first-order valence-electron chi connectivity index (χ1n) is 8.85. The van der Waals surface area contributed by atoms with Crippen molar-refractivity contribution in [2.45, 2.75) is 31.7 Å². The number of allylic oxidation sites excluding steroid dienone is 1. The monoisotopic (exact) mass is 416 g/mol. The molecule has 3 N–H and O–H groups in total. The lowest BCUT2D eigenvalue weighted by Gasteiger charge is -2.33. The largest absolute Gasteiger partial charge is 0.378 e. The van der Waals surface area contributed by atoms with Crippen LogP contribution in [-0.4, -0.2) is 16.1 Å². The van der Waals surface area contributed by atoms with Crippen molar-refractivity contribution in [2.24, 2.45) is 10.7 Å². The highest BCUT2D eigenvalue weighted by Gasteiger charge is 2.40. The average Bonchev–Trinajstić information content (AvgIpc) is 3.13. The lowest BCUT2D eigenvalue weighted by Crippen LogP contribution is -2.30. The third-order valence-corrected chi connectivity index (χ3v) is 6.25. The smallest absolute Gasteiger partial charge is 0.274 e. The van der Waals surface area contributed by atoms with Crippen LogP contribution in [0.1, 0.15) is 42.2 Å². The summed E-state index contributed by atoms with van der Waals surface area (Å²) in [5.41, 5.74) is 7.34. The number of anilines is 1. The Balaban J connectivity index is 1.68. The highest BCUT2D eigenvalue weighted by molar-refractivity contribution is 8.17. The van der Waals surface area contributed by atoms with Gasteiger partial charge in [-0.3, -0.25) is 4.79 Å². The summed E-state index contributed by atoms with van der Waals surface area (Å²) in [4.78, 5) is 22.2. The average molecular weight is 417 g/mol. The molecule has 5 nitrogen and oxygen atoms in total. The summed E-state index contributed by atoms with van der Waals surface area (Å²) in [5.74, 6) is -0.783. The van der Waals surface area contributed by atoms with Gasteiger partial charge in [-0.1, -0.05) is 23.4 Å². The van der Waals surface area contributed by atoms with Gasteiger partial charge in [0.1, 0.15) is 17.1 Å². The van der Waals surface area contributed by atoms with Crippen molar-refractivity contribution in [3.63, 3.8) is 0 Å². The summed E-state index contributed by atoms with van der Waals surface area (Å²) < 4.78 is 14.8. The first-order chi connectivity index (χ1) is 13.4. The minimum absolute atomic E-state index is 0.221. The summed E-state index contributed by atoms with van der Waals surface area (Å²) in [6.45, 7) is 1.88. The molecule has 0 spiro atoms. The molecule has 0 unspecified atom stereocenters. The molecule has 28 heavy (non-hydrogen) atoms. The van der Waals surface area contributed by atoms with Gasteiger partial charge in [0, 0.05) is 17.4 Å². The van der Waals surface area contributed by atoms with Crippen LogP contribution >= 0.6 is 23.4 Å². The van der Waals surface area contributed by atoms with Crippen LogP contribution < -0.4 is 11.1 Å². The Labute approximate surface area is 171 Å². The molecule has 0 saturated heterocycles. The van der Waals surface area contributed by atoms with E-state index in [0.29, 0.717) is 21.4 Å². The number of nitrogens with two attached hydrogens (primary N) is 1. The molecule has 144 valence electrons. The van der Waals surface area contributed by atoms with Gasteiger partial charge in [0.15, 0.2) is 5.17 Å². The quantitative estimate of drug-likeness (QED) is 0.750. The maximum absolute atomic E-state index is 14.8. The van der Waals surface area contributed by atoms with Crippen LogP contribution in [-0.2, 0) is 5.54 Å². The first-order valence-corrected chi connectivity index (χ1v) is 10.0. The van der Waals surface area contributed by atoms with E-state index in [1.165, 1.54) is 41.1 Å². The number of halogens is 2. The Hall–Kier alpha value is -2.38. The van der Waals surface area contributed by atoms with E-state index in [1.54, 1.807) is 12.1 Å². The number of rotatable bonds is 3. The number of hydrogen-bond donors (Lipinski definition) is 2. The van der Waals surface area contributed by atoms with Crippen molar-refractivity contribution in [1.29, 1.82) is 0 Å². The van der Waals surface area contributed by atoms with Gasteiger partial charge in [-0.25, -0.2) is 14.4 Å². The number of carbonyl (C=O) groups excluding carboxylic acids is 1. The summed E-state index contributed by atoms with van der Waals surface area (Å²) >= 11 is 7.28. The number of pyridine rings is 1. The number of hydrogen-bond acceptors (Lipinski definition) is 5. The molecule has 2 aromatic rings. The van der Waals surface area contributed by atoms with E-state index in [2.05, 4.69) is 15.3 Å². The first kappa shape index (κ1) is 19.0. The van der Waals surface area contributed by atoms with E-state index >= 15 is 0 Å². The van der Waals surface area contributed by atoms with Gasteiger partial charge >= 0.3 is 0 Å². The number of nitrogens with one attached hydrogen (secondary N) is 1. The zero-order chi connectivity index (χ0) is 19.9. The number of amides is 1. The van der Waals surface area contributed by atoms with Crippen LogP contribution in [0.5, 0.6) is 0 Å². The second-order valence-electron chi connectivity index (χ2n) is 6.89. The molecule has 1 aromatic heterocycles. The highest BCUT2D eigenvalue weighted by Crippen LogP contribution is 2.50. The van der Waals surface area contributed by atoms with E-state index < -0.39 is 11.4 Å². The van der Waals surface area contributed by atoms with Gasteiger partial charge in [-0.05, 0) is 67.0 Å². The minimum atomic E-state index is -0.871. The molecule has 1 aromatic carbocycles. The minimum Gasteiger partial charge on any atom is -0.378 e. The summed E-state index contributed by atoms with van der Waals surface area (Å²) in [5, 5.41) is 3.64. The van der Waals surface area contributed by atoms with Crippen molar-refractivity contribution in [1.82, 2.24) is 4.98 Å². The third-order valence-electron chi connectivity index (χ3n) is 5.03. The predicted molar refractivity (Wildman–Crippen MR) is 111 cm³/mol. The van der Waals surface area contributed by atoms with Crippen molar-refractivity contribution in [3.05, 3.63) is 69.1 Å². The molecule has 2 heterocycles. The SMILES string of the molecule is C[C@]1(c2cc(NC(=O)c3ccc(Cl)cn3)ccc2F)N=C(N)SC2=C1CCC2. The van der Waals surface area contributed by atoms with Crippen LogP contribution in [0.25, 0.3) is 0 Å². The van der Waals surface area contributed by atoms with Crippen LogP contribution in [0.3, 0.4) is 0 Å². The number of aromatic nitrogens is 1. The van der Waals surface area contributed by atoms with Crippen LogP contribution in [0, 0.1) is 5.82 Å². The van der Waals surface area contributed by atoms with Crippen LogP contribution in [0.15, 0.2) is 52.0 Å². The van der Waals surface area contributed by atoms with Crippen molar-refractivity contribution < 1.29 is 9.18 Å². The zero-order valence-electron chi connectivity index (χ0n) is 15.1. The van der Waals surface area contributed by atoms with E-state index in [0.717, 1.165) is 24.8 Å². The molecule has 0 radical (unpaired) electrons. The Morgan fingerprint density at radius 1 is 1.32 bits per heavy atom. The fourth-order valence-electron chi connectivity index (χ4n) is 3.68. The molecule has 1 amide bonds. The Kier molecular flexibility index (Phi) is 4.89. The topological polar surface area (TPSA) is 80.4 Å². The van der Waals surface area contributed by atoms with Gasteiger partial charge in [0.2, 0.25) is 0 Å². The van der Waals surface area contributed by atoms with Crippen molar-refractivity contribution >= 4 is 40.1 Å². The molecular formula is C20H18ClFN4OS. The van der Waals surface area contributed by atoms with E-state index in [9.17, 15) is 9.18 Å². The highest BCUT2D eigenvalue weighted by atomic mass is 35.5. The summed E-state index contributed by atoms with van der Waals surface area (Å²) in [7, 11) is 0. The van der Waals surface area contributed by atoms with Gasteiger partial charge in [-0.15, -0.1) is 0 Å². The van der Waals surface area contributed by atoms with E-state index in [4.69, 9.17) is 17.3 Å². The standard InChI is InChI=1S/C20H18ClFN4OS/c1-20(13-3-2-4-17(13)28-19(23)26-20)14-9-12(6-7-15(14)22)25-18(27)16-8-5-11(21)10-24-16/h5-10H,2-4H2,1H3,(H2,23,26)(H,25,27)/t20-/m0/s1. The molecule has 0 bridgehead atoms. The summed E-state index contributed by atoms with van der Waals surface area (Å²) in [6, 6.07) is 7.60. The van der Waals surface area contributed by atoms with E-state index in [1.807, 2.05) is 6.92 Å². The van der Waals surface area contributed by atoms with Crippen molar-refractivity contribution in [2.75, 3.05) is 5.32 Å². The van der Waals surface area contributed by atoms with E-state index in [-0.39, 0.29) is 11.5 Å². The molecule has 1 aliphatic carbocycles. The Morgan fingerprint density at radius 2 is 2.14 bits per heavy atom. The second-order valence-corrected chi connectivity index (χ2v) is 8.44.